The highest BCUT2D eigenvalue weighted by Gasteiger charge is 2.14. The first kappa shape index (κ1) is 7.54. The molecule has 0 aliphatic carbocycles. The standard InChI is InChI=1S/C7H13N2O/c1-6(10)9-5-7-2-3-8-4-7/h7H,2-5H2,1H3,(H,9,10). The zero-order valence-electron chi connectivity index (χ0n) is 6.26. The van der Waals surface area contributed by atoms with Crippen molar-refractivity contribution in [3.05, 3.63) is 0 Å². The molecule has 1 atom stereocenters. The molecule has 1 amide bonds. The number of nitrogens with zero attached hydrogens (tertiary/aromatic N) is 1. The third kappa shape index (κ3) is 2.35. The second-order valence-corrected chi connectivity index (χ2v) is 2.72. The van der Waals surface area contributed by atoms with Crippen LogP contribution in [0.15, 0.2) is 0 Å². The predicted octanol–water partition coefficient (Wildman–Crippen LogP) is -0.253. The third-order valence-electron chi connectivity index (χ3n) is 1.72. The van der Waals surface area contributed by atoms with Crippen molar-refractivity contribution in [1.82, 2.24) is 10.6 Å². The van der Waals surface area contributed by atoms with Gasteiger partial charge in [0.1, 0.15) is 0 Å². The third-order valence-corrected chi connectivity index (χ3v) is 1.72. The van der Waals surface area contributed by atoms with Gasteiger partial charge in [0.05, 0.1) is 0 Å². The molecule has 10 heavy (non-hydrogen) atoms. The van der Waals surface area contributed by atoms with E-state index >= 15 is 0 Å². The number of rotatable bonds is 2. The molecule has 0 aromatic rings. The van der Waals surface area contributed by atoms with Crippen molar-refractivity contribution in [2.45, 2.75) is 13.3 Å². The molecule has 0 saturated carbocycles. The van der Waals surface area contributed by atoms with Crippen LogP contribution in [0, 0.1) is 5.92 Å². The largest absolute Gasteiger partial charge is 0.356 e. The van der Waals surface area contributed by atoms with E-state index in [4.69, 9.17) is 0 Å². The SMILES string of the molecule is CC(=O)NCC1CC[N]C1. The maximum absolute atomic E-state index is 10.5. The smallest absolute Gasteiger partial charge is 0.216 e. The molecule has 1 heterocycles. The molecular formula is C7H13N2O. The van der Waals surface area contributed by atoms with Gasteiger partial charge in [-0.05, 0) is 12.3 Å². The van der Waals surface area contributed by atoms with Crippen LogP contribution < -0.4 is 10.6 Å². The van der Waals surface area contributed by atoms with E-state index in [1.54, 1.807) is 6.92 Å². The molecule has 1 aliphatic rings. The van der Waals surface area contributed by atoms with Crippen molar-refractivity contribution in [2.75, 3.05) is 19.6 Å². The molecule has 1 radical (unpaired) electrons. The summed E-state index contributed by atoms with van der Waals surface area (Å²) < 4.78 is 0. The van der Waals surface area contributed by atoms with Gasteiger partial charge < -0.3 is 5.32 Å². The molecule has 0 aromatic carbocycles. The lowest BCUT2D eigenvalue weighted by Gasteiger charge is -2.06. The molecule has 0 aromatic heterocycles. The Bertz CT molecular complexity index is 119. The van der Waals surface area contributed by atoms with Crippen LogP contribution in [0.2, 0.25) is 0 Å². The summed E-state index contributed by atoms with van der Waals surface area (Å²) in [5, 5.41) is 6.98. The number of carbonyl (C=O) groups excluding carboxylic acids is 1. The van der Waals surface area contributed by atoms with E-state index in [2.05, 4.69) is 10.6 Å². The minimum Gasteiger partial charge on any atom is -0.356 e. The van der Waals surface area contributed by atoms with Crippen LogP contribution in [0.25, 0.3) is 0 Å². The molecule has 1 saturated heterocycles. The lowest BCUT2D eigenvalue weighted by molar-refractivity contribution is -0.119. The van der Waals surface area contributed by atoms with E-state index in [-0.39, 0.29) is 5.91 Å². The average Bonchev–Trinajstić information content (AvgIpc) is 2.34. The zero-order valence-corrected chi connectivity index (χ0v) is 6.26. The van der Waals surface area contributed by atoms with Crippen molar-refractivity contribution in [1.29, 1.82) is 0 Å². The highest BCUT2D eigenvalue weighted by atomic mass is 16.1. The Hall–Kier alpha value is -0.570. The Morgan fingerprint density at radius 3 is 3.10 bits per heavy atom. The van der Waals surface area contributed by atoms with Crippen molar-refractivity contribution in [3.8, 4) is 0 Å². The number of amides is 1. The van der Waals surface area contributed by atoms with Crippen LogP contribution in [-0.2, 0) is 4.79 Å². The topological polar surface area (TPSA) is 43.2 Å². The van der Waals surface area contributed by atoms with Crippen LogP contribution in [-0.4, -0.2) is 25.5 Å². The summed E-state index contributed by atoms with van der Waals surface area (Å²) in [5.74, 6) is 0.663. The van der Waals surface area contributed by atoms with Crippen LogP contribution >= 0.6 is 0 Å². The van der Waals surface area contributed by atoms with Gasteiger partial charge in [0.15, 0.2) is 0 Å². The molecule has 1 fully saturated rings. The van der Waals surface area contributed by atoms with Crippen LogP contribution in [0.5, 0.6) is 0 Å². The molecule has 1 N–H and O–H groups in total. The first-order valence-electron chi connectivity index (χ1n) is 3.66. The number of carbonyl (C=O) groups is 1. The summed E-state index contributed by atoms with van der Waals surface area (Å²) in [6, 6.07) is 0. The lowest BCUT2D eigenvalue weighted by atomic mass is 10.1. The second kappa shape index (κ2) is 3.56. The van der Waals surface area contributed by atoms with Gasteiger partial charge in [0.2, 0.25) is 5.91 Å². The summed E-state index contributed by atoms with van der Waals surface area (Å²) in [7, 11) is 0. The van der Waals surface area contributed by atoms with Gasteiger partial charge in [-0.2, -0.15) is 0 Å². The Kier molecular flexibility index (Phi) is 2.68. The molecule has 0 bridgehead atoms. The first-order chi connectivity index (χ1) is 4.79. The monoisotopic (exact) mass is 141 g/mol. The van der Waals surface area contributed by atoms with Crippen LogP contribution in [0.3, 0.4) is 0 Å². The van der Waals surface area contributed by atoms with Gasteiger partial charge in [-0.15, -0.1) is 0 Å². The van der Waals surface area contributed by atoms with Crippen molar-refractivity contribution in [2.24, 2.45) is 5.92 Å². The maximum atomic E-state index is 10.5. The van der Waals surface area contributed by atoms with Crippen LogP contribution in [0.4, 0.5) is 0 Å². The minimum atomic E-state index is 0.0619. The first-order valence-corrected chi connectivity index (χ1v) is 3.66. The summed E-state index contributed by atoms with van der Waals surface area (Å²) in [6.07, 6.45) is 1.14. The van der Waals surface area contributed by atoms with Crippen molar-refractivity contribution in [3.63, 3.8) is 0 Å². The molecule has 0 spiro atoms. The van der Waals surface area contributed by atoms with Gasteiger partial charge in [0, 0.05) is 26.6 Å². The quantitative estimate of drug-likeness (QED) is 0.566. The fourth-order valence-electron chi connectivity index (χ4n) is 1.09. The summed E-state index contributed by atoms with van der Waals surface area (Å²) >= 11 is 0. The maximum Gasteiger partial charge on any atom is 0.216 e. The Morgan fingerprint density at radius 1 is 1.80 bits per heavy atom. The van der Waals surface area contributed by atoms with Gasteiger partial charge in [-0.1, -0.05) is 0 Å². The van der Waals surface area contributed by atoms with E-state index in [0.717, 1.165) is 26.1 Å². The molecular weight excluding hydrogens is 128 g/mol. The van der Waals surface area contributed by atoms with E-state index in [0.29, 0.717) is 5.92 Å². The van der Waals surface area contributed by atoms with Gasteiger partial charge in [-0.3, -0.25) is 4.79 Å². The fourth-order valence-corrected chi connectivity index (χ4v) is 1.09. The minimum absolute atomic E-state index is 0.0619. The zero-order chi connectivity index (χ0) is 7.40. The van der Waals surface area contributed by atoms with E-state index < -0.39 is 0 Å². The molecule has 3 heteroatoms. The lowest BCUT2D eigenvalue weighted by Crippen LogP contribution is -2.27. The Balaban J connectivity index is 2.07. The van der Waals surface area contributed by atoms with E-state index in [1.165, 1.54) is 0 Å². The highest BCUT2D eigenvalue weighted by molar-refractivity contribution is 5.72. The predicted molar refractivity (Wildman–Crippen MR) is 38.7 cm³/mol. The van der Waals surface area contributed by atoms with Gasteiger partial charge in [-0.25, -0.2) is 5.32 Å². The number of hydrogen-bond donors (Lipinski definition) is 1. The van der Waals surface area contributed by atoms with Gasteiger partial charge in [0.25, 0.3) is 0 Å². The molecule has 57 valence electrons. The summed E-state index contributed by atoms with van der Waals surface area (Å²) in [6.45, 7) is 4.26. The fraction of sp³-hybridized carbons (Fsp3) is 0.857. The molecule has 1 aliphatic heterocycles. The summed E-state index contributed by atoms with van der Waals surface area (Å²) in [4.78, 5) is 10.5. The molecule has 1 unspecified atom stereocenters. The Labute approximate surface area is 61.2 Å². The van der Waals surface area contributed by atoms with Crippen molar-refractivity contribution < 1.29 is 4.79 Å². The highest BCUT2D eigenvalue weighted by Crippen LogP contribution is 2.06. The van der Waals surface area contributed by atoms with E-state index in [1.807, 2.05) is 0 Å². The molecule has 3 nitrogen and oxygen atoms in total. The second-order valence-electron chi connectivity index (χ2n) is 2.72. The number of nitrogens with one attached hydrogen (secondary N) is 1. The number of hydrogen-bond acceptors (Lipinski definition) is 1. The van der Waals surface area contributed by atoms with E-state index in [9.17, 15) is 4.79 Å². The Morgan fingerprint density at radius 2 is 2.60 bits per heavy atom. The van der Waals surface area contributed by atoms with Crippen molar-refractivity contribution >= 4 is 5.91 Å². The molecule has 1 rings (SSSR count). The van der Waals surface area contributed by atoms with Gasteiger partial charge >= 0.3 is 0 Å². The van der Waals surface area contributed by atoms with Crippen LogP contribution in [0.1, 0.15) is 13.3 Å². The normalized spacial score (nSPS) is 24.7. The summed E-state index contributed by atoms with van der Waals surface area (Å²) in [5.41, 5.74) is 0. The average molecular weight is 141 g/mol.